The average molecular weight is 327 g/mol. The van der Waals surface area contributed by atoms with Gasteiger partial charge in [-0.1, -0.05) is 12.1 Å². The van der Waals surface area contributed by atoms with Gasteiger partial charge < -0.3 is 9.84 Å². The summed E-state index contributed by atoms with van der Waals surface area (Å²) in [6, 6.07) is 7.74. The van der Waals surface area contributed by atoms with Gasteiger partial charge in [0.15, 0.2) is 0 Å². The fourth-order valence-corrected chi connectivity index (χ4v) is 2.33. The largest absolute Gasteiger partial charge is 0.491 e. The van der Waals surface area contributed by atoms with Crippen LogP contribution >= 0.6 is 0 Å². The van der Waals surface area contributed by atoms with Gasteiger partial charge in [-0.15, -0.1) is 0 Å². The number of hydrogen-bond donors (Lipinski definition) is 1. The number of aromatic nitrogens is 2. The average Bonchev–Trinajstić information content (AvgIpc) is 2.54. The van der Waals surface area contributed by atoms with Gasteiger partial charge in [-0.3, -0.25) is 4.79 Å². The van der Waals surface area contributed by atoms with Crippen molar-refractivity contribution in [2.24, 2.45) is 0 Å². The molecule has 2 rings (SSSR count). The van der Waals surface area contributed by atoms with Crippen molar-refractivity contribution in [1.29, 1.82) is 5.26 Å². The number of aliphatic hydroxyl groups excluding tert-OH is 1. The summed E-state index contributed by atoms with van der Waals surface area (Å²) in [7, 11) is 0. The highest BCUT2D eigenvalue weighted by molar-refractivity contribution is 5.36. The number of nitrogens with zero attached hydrogens (tertiary/aromatic N) is 3. The third-order valence-corrected chi connectivity index (χ3v) is 3.91. The molecular weight excluding hydrogens is 306 g/mol. The van der Waals surface area contributed by atoms with Crippen molar-refractivity contribution in [3.05, 3.63) is 56.5 Å². The summed E-state index contributed by atoms with van der Waals surface area (Å²) < 4.78 is 6.77. The smallest absolute Gasteiger partial charge is 0.285 e. The highest BCUT2D eigenvalue weighted by Gasteiger charge is 2.15. The molecule has 126 valence electrons. The van der Waals surface area contributed by atoms with Crippen molar-refractivity contribution < 1.29 is 9.84 Å². The second kappa shape index (κ2) is 7.28. The first-order chi connectivity index (χ1) is 11.3. The third kappa shape index (κ3) is 3.81. The Balaban J connectivity index is 2.12. The van der Waals surface area contributed by atoms with Gasteiger partial charge in [0.2, 0.25) is 0 Å². The van der Waals surface area contributed by atoms with Crippen LogP contribution in [-0.4, -0.2) is 27.6 Å². The molecule has 0 fully saturated rings. The van der Waals surface area contributed by atoms with Crippen molar-refractivity contribution in [2.75, 3.05) is 6.61 Å². The van der Waals surface area contributed by atoms with Gasteiger partial charge in [-0.05, 0) is 50.5 Å². The molecule has 6 nitrogen and oxygen atoms in total. The lowest BCUT2D eigenvalue weighted by Crippen LogP contribution is -2.34. The summed E-state index contributed by atoms with van der Waals surface area (Å²) in [5.41, 5.74) is 2.77. The van der Waals surface area contributed by atoms with Crippen LogP contribution in [0.25, 0.3) is 0 Å². The van der Waals surface area contributed by atoms with Crippen LogP contribution in [0.5, 0.6) is 5.75 Å². The van der Waals surface area contributed by atoms with Crippen LogP contribution in [0.3, 0.4) is 0 Å². The first kappa shape index (κ1) is 17.7. The number of aryl methyl sites for hydroxylation is 3. The Kier molecular flexibility index (Phi) is 5.37. The number of aliphatic hydroxyl groups is 1. The van der Waals surface area contributed by atoms with Gasteiger partial charge in [-0.2, -0.15) is 10.4 Å². The molecule has 1 aromatic carbocycles. The van der Waals surface area contributed by atoms with Crippen LogP contribution in [0.4, 0.5) is 0 Å². The molecule has 2 aromatic rings. The van der Waals surface area contributed by atoms with E-state index in [4.69, 9.17) is 10.00 Å². The molecule has 0 spiro atoms. The molecule has 6 heteroatoms. The molecule has 1 N–H and O–H groups in total. The van der Waals surface area contributed by atoms with Gasteiger partial charge in [0, 0.05) is 0 Å². The van der Waals surface area contributed by atoms with E-state index >= 15 is 0 Å². The Bertz CT molecular complexity index is 850. The minimum absolute atomic E-state index is 0.0283. The van der Waals surface area contributed by atoms with E-state index in [-0.39, 0.29) is 18.7 Å². The Hall–Kier alpha value is -2.65. The molecule has 1 atom stereocenters. The maximum Gasteiger partial charge on any atom is 0.285 e. The van der Waals surface area contributed by atoms with Crippen molar-refractivity contribution in [3.8, 4) is 11.8 Å². The zero-order chi connectivity index (χ0) is 17.9. The van der Waals surface area contributed by atoms with E-state index in [0.717, 1.165) is 15.8 Å². The molecule has 24 heavy (non-hydrogen) atoms. The molecule has 0 amide bonds. The third-order valence-electron chi connectivity index (χ3n) is 3.91. The van der Waals surface area contributed by atoms with Crippen LogP contribution in [0.15, 0.2) is 23.0 Å². The van der Waals surface area contributed by atoms with Gasteiger partial charge in [0.1, 0.15) is 30.1 Å². The fourth-order valence-electron chi connectivity index (χ4n) is 2.33. The summed E-state index contributed by atoms with van der Waals surface area (Å²) in [6.07, 6.45) is -0.913. The topological polar surface area (TPSA) is 88.1 Å². The minimum atomic E-state index is -0.913. The van der Waals surface area contributed by atoms with E-state index in [1.165, 1.54) is 0 Å². The number of nitriles is 1. The quantitative estimate of drug-likeness (QED) is 0.904. The van der Waals surface area contributed by atoms with Crippen LogP contribution in [-0.2, 0) is 6.54 Å². The molecule has 1 aromatic heterocycles. The van der Waals surface area contributed by atoms with Gasteiger partial charge >= 0.3 is 0 Å². The summed E-state index contributed by atoms with van der Waals surface area (Å²) in [5.74, 6) is 0.701. The predicted octanol–water partition coefficient (Wildman–Crippen LogP) is 1.79. The second-order valence-electron chi connectivity index (χ2n) is 5.92. The summed E-state index contributed by atoms with van der Waals surface area (Å²) >= 11 is 0. The summed E-state index contributed by atoms with van der Waals surface area (Å²) in [4.78, 5) is 12.2. The first-order valence-electron chi connectivity index (χ1n) is 7.70. The Morgan fingerprint density at radius 3 is 2.71 bits per heavy atom. The van der Waals surface area contributed by atoms with Crippen LogP contribution in [0.1, 0.15) is 27.9 Å². The summed E-state index contributed by atoms with van der Waals surface area (Å²) in [5, 5.41) is 23.4. The normalized spacial score (nSPS) is 11.8. The van der Waals surface area contributed by atoms with Gasteiger partial charge in [0.25, 0.3) is 5.56 Å². The van der Waals surface area contributed by atoms with Gasteiger partial charge in [0.05, 0.1) is 12.2 Å². The van der Waals surface area contributed by atoms with Gasteiger partial charge in [-0.25, -0.2) is 4.68 Å². The number of ether oxygens (including phenoxy) is 1. The van der Waals surface area contributed by atoms with E-state index in [2.05, 4.69) is 5.10 Å². The van der Waals surface area contributed by atoms with E-state index in [1.807, 2.05) is 38.1 Å². The lowest BCUT2D eigenvalue weighted by molar-refractivity contribution is 0.0874. The first-order valence-corrected chi connectivity index (χ1v) is 7.70. The second-order valence-corrected chi connectivity index (χ2v) is 5.92. The molecule has 0 saturated heterocycles. The van der Waals surface area contributed by atoms with E-state index in [9.17, 15) is 9.90 Å². The maximum atomic E-state index is 12.2. The van der Waals surface area contributed by atoms with E-state index < -0.39 is 11.7 Å². The van der Waals surface area contributed by atoms with Crippen molar-refractivity contribution in [1.82, 2.24) is 9.78 Å². The number of hydrogen-bond acceptors (Lipinski definition) is 5. The molecule has 0 unspecified atom stereocenters. The Morgan fingerprint density at radius 2 is 2.04 bits per heavy atom. The van der Waals surface area contributed by atoms with Crippen LogP contribution < -0.4 is 10.3 Å². The SMILES string of the molecule is Cc1ccc(C)c(OC[C@@H](O)Cn2nc(C)c(C)c(C#N)c2=O)c1. The molecule has 0 radical (unpaired) electrons. The van der Waals surface area contributed by atoms with Crippen molar-refractivity contribution in [2.45, 2.75) is 40.3 Å². The zero-order valence-corrected chi connectivity index (χ0v) is 14.3. The summed E-state index contributed by atoms with van der Waals surface area (Å²) in [6.45, 7) is 7.31. The molecule has 1 heterocycles. The zero-order valence-electron chi connectivity index (χ0n) is 14.3. The molecule has 0 aliphatic carbocycles. The predicted molar refractivity (Wildman–Crippen MR) is 90.1 cm³/mol. The van der Waals surface area contributed by atoms with Crippen LogP contribution in [0.2, 0.25) is 0 Å². The highest BCUT2D eigenvalue weighted by atomic mass is 16.5. The lowest BCUT2D eigenvalue weighted by Gasteiger charge is -2.16. The number of rotatable bonds is 5. The standard InChI is InChI=1S/C18H21N3O3/c1-11-5-6-12(2)17(7-11)24-10-15(22)9-21-18(23)16(8-19)13(3)14(4)20-21/h5-7,15,22H,9-10H2,1-4H3/t15-/m0/s1. The monoisotopic (exact) mass is 327 g/mol. The van der Waals surface area contributed by atoms with Crippen molar-refractivity contribution in [3.63, 3.8) is 0 Å². The van der Waals surface area contributed by atoms with Crippen LogP contribution in [0, 0.1) is 39.0 Å². The molecular formula is C18H21N3O3. The lowest BCUT2D eigenvalue weighted by atomic mass is 10.1. The maximum absolute atomic E-state index is 12.2. The van der Waals surface area contributed by atoms with E-state index in [0.29, 0.717) is 17.0 Å². The molecule has 0 aliphatic rings. The Labute approximate surface area is 140 Å². The Morgan fingerprint density at radius 1 is 1.33 bits per heavy atom. The fraction of sp³-hybridized carbons (Fsp3) is 0.389. The molecule has 0 saturated carbocycles. The highest BCUT2D eigenvalue weighted by Crippen LogP contribution is 2.19. The molecule has 0 bridgehead atoms. The van der Waals surface area contributed by atoms with Crippen molar-refractivity contribution >= 4 is 0 Å². The van der Waals surface area contributed by atoms with E-state index in [1.54, 1.807) is 13.8 Å². The number of benzene rings is 1. The molecule has 0 aliphatic heterocycles. The minimum Gasteiger partial charge on any atom is -0.491 e.